The molecular weight excluding hydrogens is 130 g/mol. The molecule has 3 heteroatoms. The van der Waals surface area contributed by atoms with E-state index in [1.807, 2.05) is 14.1 Å². The topological polar surface area (TPSA) is 37.3 Å². The Labute approximate surface area is 61.9 Å². The second kappa shape index (κ2) is 3.56. The molecule has 0 aliphatic heterocycles. The minimum Gasteiger partial charge on any atom is -0.481 e. The lowest BCUT2D eigenvalue weighted by atomic mass is 10.3. The summed E-state index contributed by atoms with van der Waals surface area (Å²) in [5, 5.41) is 8.36. The normalized spacial score (nSPS) is 11.5. The van der Waals surface area contributed by atoms with E-state index in [0.29, 0.717) is 6.54 Å². The zero-order chi connectivity index (χ0) is 8.20. The van der Waals surface area contributed by atoms with Crippen molar-refractivity contribution in [1.29, 1.82) is 0 Å². The van der Waals surface area contributed by atoms with Gasteiger partial charge in [0.25, 0.3) is 0 Å². The number of nitrogens with zero attached hydrogens (tertiary/aromatic N) is 1. The zero-order valence-electron chi connectivity index (χ0n) is 6.92. The molecule has 60 valence electrons. The number of aliphatic carboxylic acids is 1. The number of hydrogen-bond acceptors (Lipinski definition) is 1. The Kier molecular flexibility index (Phi) is 3.36. The molecule has 0 aromatic rings. The fraction of sp³-hybridized carbons (Fsp3) is 0.857. The average molecular weight is 146 g/mol. The minimum atomic E-state index is -0.709. The van der Waals surface area contributed by atoms with Gasteiger partial charge in [-0.15, -0.1) is 0 Å². The summed E-state index contributed by atoms with van der Waals surface area (Å²) in [4.78, 5) is 10.2. The van der Waals surface area contributed by atoms with Crippen LogP contribution >= 0.6 is 0 Å². The van der Waals surface area contributed by atoms with E-state index < -0.39 is 5.97 Å². The van der Waals surface area contributed by atoms with Crippen molar-refractivity contribution in [3.8, 4) is 0 Å². The van der Waals surface area contributed by atoms with Gasteiger partial charge in [-0.2, -0.15) is 0 Å². The summed E-state index contributed by atoms with van der Waals surface area (Å²) in [5.41, 5.74) is 0. The van der Waals surface area contributed by atoms with Gasteiger partial charge < -0.3 is 9.59 Å². The molecule has 0 bridgehead atoms. The predicted molar refractivity (Wildman–Crippen MR) is 39.8 cm³/mol. The number of carboxylic acid groups (broad SMARTS) is 1. The van der Waals surface area contributed by atoms with Crippen LogP contribution in [0.4, 0.5) is 0 Å². The summed E-state index contributed by atoms with van der Waals surface area (Å²) in [6.45, 7) is 3.75. The quantitative estimate of drug-likeness (QED) is 0.588. The smallest absolute Gasteiger partial charge is 0.309 e. The second-order valence-corrected chi connectivity index (χ2v) is 3.12. The lowest BCUT2D eigenvalue weighted by Crippen LogP contribution is -2.40. The number of hydrogen-bond donors (Lipinski definition) is 1. The first kappa shape index (κ1) is 9.43. The van der Waals surface area contributed by atoms with Crippen molar-refractivity contribution in [3.63, 3.8) is 0 Å². The molecule has 0 radical (unpaired) electrons. The molecule has 3 nitrogen and oxygen atoms in total. The maximum Gasteiger partial charge on any atom is 0.309 e. The predicted octanol–water partition coefficient (Wildman–Crippen LogP) is 0.557. The summed E-state index contributed by atoms with van der Waals surface area (Å²) in [6, 6.07) is 0. The third-order valence-corrected chi connectivity index (χ3v) is 1.79. The van der Waals surface area contributed by atoms with Crippen LogP contribution in [-0.4, -0.2) is 42.7 Å². The summed E-state index contributed by atoms with van der Waals surface area (Å²) in [7, 11) is 4.06. The van der Waals surface area contributed by atoms with E-state index in [2.05, 4.69) is 6.92 Å². The van der Waals surface area contributed by atoms with Gasteiger partial charge in [0.2, 0.25) is 0 Å². The van der Waals surface area contributed by atoms with Crippen LogP contribution in [0.25, 0.3) is 0 Å². The van der Waals surface area contributed by atoms with Crippen molar-refractivity contribution >= 4 is 5.97 Å². The molecule has 0 saturated carbocycles. The molecule has 0 spiro atoms. The molecule has 0 saturated heterocycles. The zero-order valence-corrected chi connectivity index (χ0v) is 6.92. The minimum absolute atomic E-state index is 0.265. The first-order chi connectivity index (χ1) is 4.48. The van der Waals surface area contributed by atoms with Crippen molar-refractivity contribution in [2.45, 2.75) is 13.3 Å². The van der Waals surface area contributed by atoms with Gasteiger partial charge in [-0.3, -0.25) is 4.79 Å². The van der Waals surface area contributed by atoms with Crippen LogP contribution in [0.5, 0.6) is 0 Å². The van der Waals surface area contributed by atoms with E-state index >= 15 is 0 Å². The van der Waals surface area contributed by atoms with Crippen molar-refractivity contribution in [1.82, 2.24) is 0 Å². The molecule has 0 atom stereocenters. The molecule has 0 amide bonds. The highest BCUT2D eigenvalue weighted by Crippen LogP contribution is 1.97. The number of quaternary nitrogens is 1. The van der Waals surface area contributed by atoms with Crippen molar-refractivity contribution in [2.75, 3.05) is 27.2 Å². The maximum absolute atomic E-state index is 10.2. The van der Waals surface area contributed by atoms with E-state index in [1.165, 1.54) is 0 Å². The molecule has 0 aromatic carbocycles. The molecule has 0 unspecified atom stereocenters. The monoisotopic (exact) mass is 146 g/mol. The Morgan fingerprint density at radius 3 is 2.30 bits per heavy atom. The Balaban J connectivity index is 3.56. The third kappa shape index (κ3) is 4.32. The molecule has 0 aliphatic rings. The molecule has 0 heterocycles. The lowest BCUT2D eigenvalue weighted by molar-refractivity contribution is -0.887. The van der Waals surface area contributed by atoms with Gasteiger partial charge >= 0.3 is 5.97 Å². The van der Waals surface area contributed by atoms with Crippen LogP contribution < -0.4 is 0 Å². The fourth-order valence-electron chi connectivity index (χ4n) is 0.556. The van der Waals surface area contributed by atoms with E-state index in [1.54, 1.807) is 0 Å². The molecule has 1 N–H and O–H groups in total. The SMILES string of the molecule is CC[N+](C)(C)CCC(=O)O. The van der Waals surface area contributed by atoms with Gasteiger partial charge in [-0.05, 0) is 6.92 Å². The average Bonchev–Trinajstić information content (AvgIpc) is 1.85. The van der Waals surface area contributed by atoms with Crippen LogP contribution in [0.15, 0.2) is 0 Å². The van der Waals surface area contributed by atoms with Crippen molar-refractivity contribution < 1.29 is 14.4 Å². The Hall–Kier alpha value is -0.570. The first-order valence-corrected chi connectivity index (χ1v) is 3.52. The van der Waals surface area contributed by atoms with Gasteiger partial charge in [0, 0.05) is 0 Å². The highest BCUT2D eigenvalue weighted by molar-refractivity contribution is 5.66. The maximum atomic E-state index is 10.2. The Morgan fingerprint density at radius 2 is 2.00 bits per heavy atom. The van der Waals surface area contributed by atoms with Crippen LogP contribution in [0.2, 0.25) is 0 Å². The standard InChI is InChI=1S/C7H15NO2/c1-4-8(2,3)6-5-7(9)10/h4-6H2,1-3H3/p+1. The summed E-state index contributed by atoms with van der Waals surface area (Å²) in [6.07, 6.45) is 0.265. The van der Waals surface area contributed by atoms with E-state index in [9.17, 15) is 4.79 Å². The lowest BCUT2D eigenvalue weighted by Gasteiger charge is -2.27. The number of carbonyl (C=O) groups is 1. The molecule has 0 aromatic heterocycles. The Bertz CT molecular complexity index is 121. The van der Waals surface area contributed by atoms with Gasteiger partial charge in [-0.1, -0.05) is 0 Å². The summed E-state index contributed by atoms with van der Waals surface area (Å²) in [5.74, 6) is -0.709. The number of carboxylic acids is 1. The molecule has 0 aliphatic carbocycles. The van der Waals surface area contributed by atoms with Crippen LogP contribution in [0, 0.1) is 0 Å². The van der Waals surface area contributed by atoms with Crippen molar-refractivity contribution in [3.05, 3.63) is 0 Å². The highest BCUT2D eigenvalue weighted by Gasteiger charge is 2.12. The molecule has 10 heavy (non-hydrogen) atoms. The van der Waals surface area contributed by atoms with E-state index in [-0.39, 0.29) is 6.42 Å². The van der Waals surface area contributed by atoms with E-state index in [4.69, 9.17) is 5.11 Å². The molecule has 0 fully saturated rings. The van der Waals surface area contributed by atoms with Crippen LogP contribution in [-0.2, 0) is 4.79 Å². The van der Waals surface area contributed by atoms with Gasteiger partial charge in [0.1, 0.15) is 0 Å². The number of rotatable bonds is 4. The van der Waals surface area contributed by atoms with E-state index in [0.717, 1.165) is 11.0 Å². The molecular formula is C7H16NO2+. The molecule has 0 rings (SSSR count). The van der Waals surface area contributed by atoms with Crippen molar-refractivity contribution in [2.24, 2.45) is 0 Å². The fourth-order valence-corrected chi connectivity index (χ4v) is 0.556. The van der Waals surface area contributed by atoms with Gasteiger partial charge in [-0.25, -0.2) is 0 Å². The second-order valence-electron chi connectivity index (χ2n) is 3.12. The van der Waals surface area contributed by atoms with Gasteiger partial charge in [0.15, 0.2) is 0 Å². The third-order valence-electron chi connectivity index (χ3n) is 1.79. The van der Waals surface area contributed by atoms with Gasteiger partial charge in [0.05, 0.1) is 33.6 Å². The largest absolute Gasteiger partial charge is 0.481 e. The van der Waals surface area contributed by atoms with Crippen LogP contribution in [0.1, 0.15) is 13.3 Å². The Morgan fingerprint density at radius 1 is 1.50 bits per heavy atom. The first-order valence-electron chi connectivity index (χ1n) is 3.52. The highest BCUT2D eigenvalue weighted by atomic mass is 16.4. The van der Waals surface area contributed by atoms with Crippen LogP contribution in [0.3, 0.4) is 0 Å². The summed E-state index contributed by atoms with van der Waals surface area (Å²) < 4.78 is 0.784. The summed E-state index contributed by atoms with van der Waals surface area (Å²) >= 11 is 0.